The largest absolute Gasteiger partial charge is 0.378 e. The van der Waals surface area contributed by atoms with E-state index >= 15 is 0 Å². The van der Waals surface area contributed by atoms with E-state index in [2.05, 4.69) is 0 Å². The van der Waals surface area contributed by atoms with Crippen molar-refractivity contribution in [2.75, 3.05) is 38.7 Å². The zero-order valence-electron chi connectivity index (χ0n) is 13.6. The zero-order chi connectivity index (χ0) is 16.2. The van der Waals surface area contributed by atoms with Crippen molar-refractivity contribution in [1.29, 1.82) is 0 Å². The van der Waals surface area contributed by atoms with E-state index in [1.165, 1.54) is 0 Å². The Hall–Kier alpha value is -2.33. The van der Waals surface area contributed by atoms with Crippen LogP contribution < -0.4 is 4.90 Å². The van der Waals surface area contributed by atoms with Crippen molar-refractivity contribution in [3.05, 3.63) is 65.7 Å². The smallest absolute Gasteiger partial charge is 0.254 e. The molecule has 1 heterocycles. The molecule has 4 heteroatoms. The van der Waals surface area contributed by atoms with Crippen molar-refractivity contribution in [3.8, 4) is 0 Å². The Kier molecular flexibility index (Phi) is 4.63. The number of carbonyl (C=O) groups is 1. The third-order valence-corrected chi connectivity index (χ3v) is 4.16. The van der Waals surface area contributed by atoms with Gasteiger partial charge in [-0.15, -0.1) is 0 Å². The van der Waals surface area contributed by atoms with E-state index in [1.54, 1.807) is 0 Å². The quantitative estimate of drug-likeness (QED) is 0.874. The van der Waals surface area contributed by atoms with Gasteiger partial charge in [-0.05, 0) is 29.8 Å². The second-order valence-corrected chi connectivity index (χ2v) is 5.96. The third-order valence-electron chi connectivity index (χ3n) is 4.16. The van der Waals surface area contributed by atoms with Crippen LogP contribution in [0.15, 0.2) is 54.6 Å². The van der Waals surface area contributed by atoms with Gasteiger partial charge in [0.25, 0.3) is 5.91 Å². The molecule has 0 aliphatic carbocycles. The lowest BCUT2D eigenvalue weighted by Gasteiger charge is -2.33. The lowest BCUT2D eigenvalue weighted by molar-refractivity contribution is -0.0228. The van der Waals surface area contributed by atoms with Gasteiger partial charge in [0.15, 0.2) is 0 Å². The van der Waals surface area contributed by atoms with Gasteiger partial charge in [0.1, 0.15) is 6.10 Å². The number of ether oxygens (including phenoxy) is 1. The Morgan fingerprint density at radius 1 is 1.09 bits per heavy atom. The van der Waals surface area contributed by atoms with Crippen LogP contribution in [0.4, 0.5) is 5.69 Å². The van der Waals surface area contributed by atoms with Gasteiger partial charge < -0.3 is 14.5 Å². The van der Waals surface area contributed by atoms with Crippen LogP contribution in [0.3, 0.4) is 0 Å². The molecule has 1 saturated heterocycles. The predicted octanol–water partition coefficient (Wildman–Crippen LogP) is 2.97. The number of anilines is 1. The molecular formula is C19H22N2O2. The van der Waals surface area contributed by atoms with Gasteiger partial charge in [0, 0.05) is 31.9 Å². The summed E-state index contributed by atoms with van der Waals surface area (Å²) in [5.74, 6) is 0.0690. The number of carbonyl (C=O) groups excluding carboxylic acids is 1. The van der Waals surface area contributed by atoms with E-state index < -0.39 is 0 Å². The summed E-state index contributed by atoms with van der Waals surface area (Å²) in [7, 11) is 3.98. The van der Waals surface area contributed by atoms with Crippen LogP contribution in [0.2, 0.25) is 0 Å². The minimum absolute atomic E-state index is 0.0463. The van der Waals surface area contributed by atoms with Gasteiger partial charge in [-0.2, -0.15) is 0 Å². The summed E-state index contributed by atoms with van der Waals surface area (Å²) in [4.78, 5) is 16.6. The highest BCUT2D eigenvalue weighted by molar-refractivity contribution is 5.94. The molecule has 2 aromatic carbocycles. The second-order valence-electron chi connectivity index (χ2n) is 5.96. The fourth-order valence-electron chi connectivity index (χ4n) is 2.79. The highest BCUT2D eigenvalue weighted by atomic mass is 16.5. The fourth-order valence-corrected chi connectivity index (χ4v) is 2.79. The van der Waals surface area contributed by atoms with Crippen molar-refractivity contribution in [2.45, 2.75) is 6.10 Å². The number of morpholine rings is 1. The Bertz CT molecular complexity index is 653. The molecule has 1 aliphatic rings. The molecule has 1 aliphatic heterocycles. The van der Waals surface area contributed by atoms with Crippen LogP contribution in [0, 0.1) is 0 Å². The summed E-state index contributed by atoms with van der Waals surface area (Å²) in [6, 6.07) is 17.8. The highest BCUT2D eigenvalue weighted by Crippen LogP contribution is 2.23. The average molecular weight is 310 g/mol. The zero-order valence-corrected chi connectivity index (χ0v) is 13.6. The average Bonchev–Trinajstić information content (AvgIpc) is 2.62. The van der Waals surface area contributed by atoms with E-state index in [9.17, 15) is 4.79 Å². The molecule has 1 amide bonds. The predicted molar refractivity (Wildman–Crippen MR) is 91.8 cm³/mol. The standard InChI is InChI=1S/C19H22N2O2/c1-20(2)17-10-8-16(9-11-17)19(22)21-12-13-23-18(14-21)15-6-4-3-5-7-15/h3-11,18H,12-14H2,1-2H3. The molecule has 0 spiro atoms. The monoisotopic (exact) mass is 310 g/mol. The first kappa shape index (κ1) is 15.6. The van der Waals surface area contributed by atoms with Gasteiger partial charge in [-0.3, -0.25) is 4.79 Å². The first-order chi connectivity index (χ1) is 11.1. The lowest BCUT2D eigenvalue weighted by atomic mass is 10.1. The van der Waals surface area contributed by atoms with Crippen molar-refractivity contribution in [1.82, 2.24) is 4.90 Å². The number of rotatable bonds is 3. The third kappa shape index (κ3) is 3.54. The molecule has 23 heavy (non-hydrogen) atoms. The first-order valence-corrected chi connectivity index (χ1v) is 7.88. The molecule has 0 bridgehead atoms. The first-order valence-electron chi connectivity index (χ1n) is 7.88. The molecule has 3 rings (SSSR count). The van der Waals surface area contributed by atoms with Gasteiger partial charge >= 0.3 is 0 Å². The summed E-state index contributed by atoms with van der Waals surface area (Å²) in [5.41, 5.74) is 2.93. The Morgan fingerprint density at radius 3 is 2.43 bits per heavy atom. The summed E-state index contributed by atoms with van der Waals surface area (Å²) >= 11 is 0. The van der Waals surface area contributed by atoms with E-state index in [0.717, 1.165) is 16.8 Å². The molecule has 0 radical (unpaired) electrons. The molecule has 0 saturated carbocycles. The van der Waals surface area contributed by atoms with Crippen molar-refractivity contribution >= 4 is 11.6 Å². The summed E-state index contributed by atoms with van der Waals surface area (Å²) < 4.78 is 5.83. The molecule has 0 aromatic heterocycles. The molecule has 1 fully saturated rings. The van der Waals surface area contributed by atoms with Crippen LogP contribution in [-0.4, -0.2) is 44.6 Å². The lowest BCUT2D eigenvalue weighted by Crippen LogP contribution is -2.42. The van der Waals surface area contributed by atoms with Crippen LogP contribution in [0.5, 0.6) is 0 Å². The molecule has 1 unspecified atom stereocenters. The summed E-state index contributed by atoms with van der Waals surface area (Å²) in [6.45, 7) is 1.80. The van der Waals surface area contributed by atoms with Gasteiger partial charge in [-0.25, -0.2) is 0 Å². The van der Waals surface area contributed by atoms with Crippen LogP contribution in [-0.2, 0) is 4.74 Å². The Morgan fingerprint density at radius 2 is 1.78 bits per heavy atom. The summed E-state index contributed by atoms with van der Waals surface area (Å²) in [5, 5.41) is 0. The van der Waals surface area contributed by atoms with Gasteiger partial charge in [0.2, 0.25) is 0 Å². The van der Waals surface area contributed by atoms with Crippen LogP contribution in [0.25, 0.3) is 0 Å². The minimum Gasteiger partial charge on any atom is -0.378 e. The molecule has 0 N–H and O–H groups in total. The maximum absolute atomic E-state index is 12.7. The van der Waals surface area contributed by atoms with Crippen LogP contribution >= 0.6 is 0 Å². The van der Waals surface area contributed by atoms with Crippen LogP contribution in [0.1, 0.15) is 22.0 Å². The fraction of sp³-hybridized carbons (Fsp3) is 0.316. The topological polar surface area (TPSA) is 32.8 Å². The number of hydrogen-bond donors (Lipinski definition) is 0. The number of hydrogen-bond acceptors (Lipinski definition) is 3. The van der Waals surface area contributed by atoms with E-state index in [0.29, 0.717) is 19.7 Å². The number of amides is 1. The molecule has 4 nitrogen and oxygen atoms in total. The molecular weight excluding hydrogens is 288 g/mol. The normalized spacial score (nSPS) is 17.8. The number of benzene rings is 2. The number of nitrogens with zero attached hydrogens (tertiary/aromatic N) is 2. The molecule has 120 valence electrons. The molecule has 2 aromatic rings. The van der Waals surface area contributed by atoms with E-state index in [4.69, 9.17) is 4.74 Å². The maximum Gasteiger partial charge on any atom is 0.254 e. The molecule has 1 atom stereocenters. The van der Waals surface area contributed by atoms with Crippen molar-refractivity contribution in [2.24, 2.45) is 0 Å². The van der Waals surface area contributed by atoms with Crippen molar-refractivity contribution < 1.29 is 9.53 Å². The minimum atomic E-state index is -0.0463. The Labute approximate surface area is 137 Å². The maximum atomic E-state index is 12.7. The van der Waals surface area contributed by atoms with Crippen molar-refractivity contribution in [3.63, 3.8) is 0 Å². The van der Waals surface area contributed by atoms with Gasteiger partial charge in [0.05, 0.1) is 13.2 Å². The van der Waals surface area contributed by atoms with Gasteiger partial charge in [-0.1, -0.05) is 30.3 Å². The van der Waals surface area contributed by atoms with E-state index in [-0.39, 0.29) is 12.0 Å². The summed E-state index contributed by atoms with van der Waals surface area (Å²) in [6.07, 6.45) is -0.0463. The second kappa shape index (κ2) is 6.84. The Balaban J connectivity index is 1.72. The SMILES string of the molecule is CN(C)c1ccc(C(=O)N2CCOC(c3ccccc3)C2)cc1. The van der Waals surface area contributed by atoms with E-state index in [1.807, 2.05) is 78.5 Å². The highest BCUT2D eigenvalue weighted by Gasteiger charge is 2.25.